The summed E-state index contributed by atoms with van der Waals surface area (Å²) >= 11 is 0. The minimum atomic E-state index is -0.248. The van der Waals surface area contributed by atoms with Crippen LogP contribution in [0.1, 0.15) is 11.1 Å². The first-order valence-corrected chi connectivity index (χ1v) is 3.43. The molecule has 0 bridgehead atoms. The van der Waals surface area contributed by atoms with Gasteiger partial charge in [0.2, 0.25) is 0 Å². The Morgan fingerprint density at radius 1 is 1.33 bits per heavy atom. The average Bonchev–Trinajstić information content (AvgIpc) is 2.01. The van der Waals surface area contributed by atoms with Crippen molar-refractivity contribution in [3.63, 3.8) is 0 Å². The second kappa shape index (κ2) is 2.81. The quantitative estimate of drug-likeness (QED) is 0.629. The fraction of sp³-hybridized carbons (Fsp3) is 0.250. The van der Waals surface area contributed by atoms with Gasteiger partial charge in [0, 0.05) is 5.56 Å². The van der Waals surface area contributed by atoms with Crippen LogP contribution in [0.25, 0.3) is 0 Å². The van der Waals surface area contributed by atoms with Gasteiger partial charge in [-0.15, -0.1) is 4.91 Å². The lowest BCUT2D eigenvalue weighted by Crippen LogP contribution is -1.81. The van der Waals surface area contributed by atoms with Gasteiger partial charge < -0.3 is 10.2 Å². The van der Waals surface area contributed by atoms with Crippen molar-refractivity contribution >= 4 is 5.69 Å². The number of nitrogens with zero attached hydrogens (tertiary/aromatic N) is 1. The summed E-state index contributed by atoms with van der Waals surface area (Å²) in [6.45, 7) is 3.11. The van der Waals surface area contributed by atoms with Gasteiger partial charge in [-0.2, -0.15) is 0 Å². The average molecular weight is 167 g/mol. The van der Waals surface area contributed by atoms with Gasteiger partial charge in [0.25, 0.3) is 0 Å². The fourth-order valence-corrected chi connectivity index (χ4v) is 0.983. The molecule has 2 N–H and O–H groups in total. The molecule has 0 fully saturated rings. The maximum atomic E-state index is 10.2. The molecular weight excluding hydrogens is 158 g/mol. The van der Waals surface area contributed by atoms with E-state index in [1.165, 1.54) is 13.0 Å². The zero-order chi connectivity index (χ0) is 9.30. The third-order valence-corrected chi connectivity index (χ3v) is 1.78. The van der Waals surface area contributed by atoms with Gasteiger partial charge in [-0.1, -0.05) is 0 Å². The predicted octanol–water partition coefficient (Wildman–Crippen LogP) is 2.11. The summed E-state index contributed by atoms with van der Waals surface area (Å²) < 4.78 is 0. The highest BCUT2D eigenvalue weighted by Crippen LogP contribution is 2.38. The second-order valence-corrected chi connectivity index (χ2v) is 2.63. The van der Waals surface area contributed by atoms with Gasteiger partial charge in [-0.3, -0.25) is 0 Å². The van der Waals surface area contributed by atoms with E-state index in [2.05, 4.69) is 5.18 Å². The van der Waals surface area contributed by atoms with Crippen molar-refractivity contribution in [1.29, 1.82) is 0 Å². The van der Waals surface area contributed by atoms with E-state index in [1.807, 2.05) is 0 Å². The highest BCUT2D eigenvalue weighted by Gasteiger charge is 2.11. The van der Waals surface area contributed by atoms with Crippen molar-refractivity contribution in [2.24, 2.45) is 5.18 Å². The number of phenols is 2. The van der Waals surface area contributed by atoms with Crippen LogP contribution in [0, 0.1) is 18.8 Å². The third-order valence-electron chi connectivity index (χ3n) is 1.78. The largest absolute Gasteiger partial charge is 0.508 e. The number of benzene rings is 1. The first-order chi connectivity index (χ1) is 5.57. The summed E-state index contributed by atoms with van der Waals surface area (Å²) in [6, 6.07) is 1.39. The molecule has 0 aliphatic heterocycles. The van der Waals surface area contributed by atoms with Crippen LogP contribution in [0.3, 0.4) is 0 Å². The molecule has 1 aromatic rings. The summed E-state index contributed by atoms with van der Waals surface area (Å²) in [5.41, 5.74) is 0.728. The van der Waals surface area contributed by atoms with Crippen LogP contribution in [0.2, 0.25) is 0 Å². The summed E-state index contributed by atoms with van der Waals surface area (Å²) in [4.78, 5) is 10.2. The smallest absolute Gasteiger partial charge is 0.153 e. The van der Waals surface area contributed by atoms with E-state index in [4.69, 9.17) is 0 Å². The van der Waals surface area contributed by atoms with Gasteiger partial charge in [-0.25, -0.2) is 0 Å². The Morgan fingerprint density at radius 3 is 2.42 bits per heavy atom. The van der Waals surface area contributed by atoms with Crippen LogP contribution in [0.15, 0.2) is 11.2 Å². The lowest BCUT2D eigenvalue weighted by molar-refractivity contribution is 0.443. The lowest BCUT2D eigenvalue weighted by atomic mass is 10.1. The molecule has 4 heteroatoms. The number of aryl methyl sites for hydroxylation is 1. The maximum absolute atomic E-state index is 10.2. The monoisotopic (exact) mass is 167 g/mol. The van der Waals surface area contributed by atoms with Crippen LogP contribution >= 0.6 is 0 Å². The van der Waals surface area contributed by atoms with Gasteiger partial charge in [-0.05, 0) is 30.7 Å². The van der Waals surface area contributed by atoms with E-state index in [-0.39, 0.29) is 22.7 Å². The first-order valence-electron chi connectivity index (χ1n) is 3.43. The number of rotatable bonds is 1. The van der Waals surface area contributed by atoms with Crippen LogP contribution in [-0.4, -0.2) is 10.2 Å². The van der Waals surface area contributed by atoms with Crippen LogP contribution in [0.4, 0.5) is 5.69 Å². The number of nitroso groups, excluding NO2 is 1. The summed E-state index contributed by atoms with van der Waals surface area (Å²) in [5.74, 6) is -0.278. The van der Waals surface area contributed by atoms with Crippen molar-refractivity contribution in [2.45, 2.75) is 13.8 Å². The molecule has 0 aliphatic carbocycles. The van der Waals surface area contributed by atoms with E-state index in [0.29, 0.717) is 5.56 Å². The topological polar surface area (TPSA) is 69.9 Å². The molecule has 0 saturated heterocycles. The van der Waals surface area contributed by atoms with E-state index in [1.54, 1.807) is 6.92 Å². The van der Waals surface area contributed by atoms with Gasteiger partial charge in [0.05, 0.1) is 0 Å². The zero-order valence-corrected chi connectivity index (χ0v) is 6.83. The van der Waals surface area contributed by atoms with Crippen molar-refractivity contribution in [3.05, 3.63) is 22.1 Å². The standard InChI is InChI=1S/C8H9NO3/c1-4-3-6(10)5(2)8(11)7(4)9-12/h3,10-11H,1-2H3. The fourth-order valence-electron chi connectivity index (χ4n) is 0.983. The molecule has 4 nitrogen and oxygen atoms in total. The molecule has 0 spiro atoms. The Morgan fingerprint density at radius 2 is 1.92 bits per heavy atom. The van der Waals surface area contributed by atoms with E-state index in [0.717, 1.165) is 0 Å². The molecule has 0 radical (unpaired) electrons. The first kappa shape index (κ1) is 8.52. The van der Waals surface area contributed by atoms with Crippen LogP contribution < -0.4 is 0 Å². The van der Waals surface area contributed by atoms with Gasteiger partial charge in [0.1, 0.15) is 5.75 Å². The normalized spacial score (nSPS) is 9.83. The maximum Gasteiger partial charge on any atom is 0.153 e. The SMILES string of the molecule is Cc1cc(O)c(C)c(O)c1N=O. The zero-order valence-electron chi connectivity index (χ0n) is 6.83. The predicted molar refractivity (Wildman–Crippen MR) is 44.7 cm³/mol. The van der Waals surface area contributed by atoms with Crippen molar-refractivity contribution in [2.75, 3.05) is 0 Å². The molecular formula is C8H9NO3. The molecule has 64 valence electrons. The van der Waals surface area contributed by atoms with Crippen LogP contribution in [0.5, 0.6) is 11.5 Å². The molecule has 0 aliphatic rings. The third kappa shape index (κ3) is 1.11. The molecule has 12 heavy (non-hydrogen) atoms. The minimum absolute atomic E-state index is 0.00898. The molecule has 0 unspecified atom stereocenters. The Hall–Kier alpha value is -1.58. The van der Waals surface area contributed by atoms with Gasteiger partial charge in [0.15, 0.2) is 11.4 Å². The van der Waals surface area contributed by atoms with E-state index >= 15 is 0 Å². The van der Waals surface area contributed by atoms with Crippen molar-refractivity contribution in [3.8, 4) is 11.5 Å². The van der Waals surface area contributed by atoms with Gasteiger partial charge >= 0.3 is 0 Å². The number of phenolic OH excluding ortho intramolecular Hbond substituents is 2. The summed E-state index contributed by atoms with van der Waals surface area (Å²) in [5, 5.41) is 21.2. The molecule has 0 atom stereocenters. The Kier molecular flexibility index (Phi) is 1.99. The Labute approximate surface area is 69.4 Å². The lowest BCUT2D eigenvalue weighted by Gasteiger charge is -2.05. The Balaban J connectivity index is 3.51. The number of hydrogen-bond acceptors (Lipinski definition) is 4. The van der Waals surface area contributed by atoms with E-state index < -0.39 is 0 Å². The molecule has 0 heterocycles. The van der Waals surface area contributed by atoms with Crippen molar-refractivity contribution < 1.29 is 10.2 Å². The molecule has 0 amide bonds. The number of aromatic hydroxyl groups is 2. The van der Waals surface area contributed by atoms with E-state index in [9.17, 15) is 15.1 Å². The van der Waals surface area contributed by atoms with Crippen molar-refractivity contribution in [1.82, 2.24) is 0 Å². The molecule has 0 saturated carbocycles. The van der Waals surface area contributed by atoms with Crippen LogP contribution in [-0.2, 0) is 0 Å². The molecule has 0 aromatic heterocycles. The second-order valence-electron chi connectivity index (χ2n) is 2.63. The molecule has 1 aromatic carbocycles. The highest BCUT2D eigenvalue weighted by atomic mass is 16.3. The minimum Gasteiger partial charge on any atom is -0.508 e. The highest BCUT2D eigenvalue weighted by molar-refractivity contribution is 5.63. The summed E-state index contributed by atoms with van der Waals surface area (Å²) in [6.07, 6.45) is 0. The molecule has 1 rings (SSSR count). The summed E-state index contributed by atoms with van der Waals surface area (Å²) in [7, 11) is 0. The number of hydrogen-bond donors (Lipinski definition) is 2. The Bertz CT molecular complexity index is 334.